The highest BCUT2D eigenvalue weighted by Crippen LogP contribution is 2.30. The first kappa shape index (κ1) is 17.6. The molecule has 0 bridgehead atoms. The Bertz CT molecular complexity index is 684. The fraction of sp³-hybridized carbons (Fsp3) is 0.500. The first-order valence-corrected chi connectivity index (χ1v) is 8.44. The molecule has 9 heteroatoms. The normalized spacial score (nSPS) is 19.5. The van der Waals surface area contributed by atoms with Gasteiger partial charge in [-0.3, -0.25) is 4.79 Å². The summed E-state index contributed by atoms with van der Waals surface area (Å²) in [6.45, 7) is 0.0307. The topological polar surface area (TPSA) is 83.9 Å². The van der Waals surface area contributed by atoms with Crippen molar-refractivity contribution in [2.45, 2.75) is 24.2 Å². The standard InChI is InChI=1S/C14H17F2NO5S/c1-22-10-6-11(15)14(12(16)7-10)23(20,21)17-4-2-3-9(8-17)5-13(18)19/h6-7,9H,2-5,8H2,1H3,(H,18,19). The zero-order valence-electron chi connectivity index (χ0n) is 12.5. The van der Waals surface area contributed by atoms with E-state index in [9.17, 15) is 22.0 Å². The molecule has 1 heterocycles. The smallest absolute Gasteiger partial charge is 0.303 e. The van der Waals surface area contributed by atoms with E-state index in [1.807, 2.05) is 0 Å². The van der Waals surface area contributed by atoms with E-state index >= 15 is 0 Å². The van der Waals surface area contributed by atoms with Crippen molar-refractivity contribution in [3.63, 3.8) is 0 Å². The van der Waals surface area contributed by atoms with Crippen LogP contribution in [0.5, 0.6) is 5.75 Å². The van der Waals surface area contributed by atoms with Gasteiger partial charge in [-0.25, -0.2) is 17.2 Å². The molecule has 1 N–H and O–H groups in total. The molecule has 1 aromatic carbocycles. The molecule has 128 valence electrons. The van der Waals surface area contributed by atoms with Crippen LogP contribution in [0.3, 0.4) is 0 Å². The van der Waals surface area contributed by atoms with Crippen LogP contribution in [0.4, 0.5) is 8.78 Å². The van der Waals surface area contributed by atoms with E-state index in [1.165, 1.54) is 7.11 Å². The lowest BCUT2D eigenvalue weighted by Crippen LogP contribution is -2.41. The zero-order valence-corrected chi connectivity index (χ0v) is 13.3. The molecule has 0 spiro atoms. The molecule has 0 aromatic heterocycles. The molecule has 1 aromatic rings. The number of benzene rings is 1. The van der Waals surface area contributed by atoms with Crippen molar-refractivity contribution in [3.8, 4) is 5.75 Å². The van der Waals surface area contributed by atoms with Gasteiger partial charge < -0.3 is 9.84 Å². The van der Waals surface area contributed by atoms with Gasteiger partial charge in [-0.15, -0.1) is 0 Å². The monoisotopic (exact) mass is 349 g/mol. The molecule has 0 radical (unpaired) electrons. The zero-order chi connectivity index (χ0) is 17.2. The number of carboxylic acid groups (broad SMARTS) is 1. The number of nitrogens with zero attached hydrogens (tertiary/aromatic N) is 1. The number of halogens is 2. The summed E-state index contributed by atoms with van der Waals surface area (Å²) in [7, 11) is -3.17. The Morgan fingerprint density at radius 2 is 2.00 bits per heavy atom. The van der Waals surface area contributed by atoms with E-state index in [4.69, 9.17) is 9.84 Å². The highest BCUT2D eigenvalue weighted by atomic mass is 32.2. The minimum Gasteiger partial charge on any atom is -0.497 e. The lowest BCUT2D eigenvalue weighted by molar-refractivity contribution is -0.138. The molecule has 1 unspecified atom stereocenters. The molecule has 1 atom stereocenters. The van der Waals surface area contributed by atoms with Gasteiger partial charge in [-0.2, -0.15) is 4.31 Å². The maximum atomic E-state index is 14.0. The summed E-state index contributed by atoms with van der Waals surface area (Å²) in [5.41, 5.74) is 0. The molecular weight excluding hydrogens is 332 g/mol. The van der Waals surface area contributed by atoms with Gasteiger partial charge in [0.15, 0.2) is 4.90 Å². The molecular formula is C14H17F2NO5S. The van der Waals surface area contributed by atoms with Gasteiger partial charge in [0.2, 0.25) is 10.0 Å². The van der Waals surface area contributed by atoms with E-state index in [1.54, 1.807) is 0 Å². The number of ether oxygens (including phenoxy) is 1. The SMILES string of the molecule is COc1cc(F)c(S(=O)(=O)N2CCCC(CC(=O)O)C2)c(F)c1. The van der Waals surface area contributed by atoms with Crippen LogP contribution in [0.1, 0.15) is 19.3 Å². The van der Waals surface area contributed by atoms with E-state index in [0.717, 1.165) is 16.4 Å². The van der Waals surface area contributed by atoms with Crippen molar-refractivity contribution in [1.82, 2.24) is 4.31 Å². The second-order valence-corrected chi connectivity index (χ2v) is 7.26. The second-order valence-electron chi connectivity index (χ2n) is 5.39. The van der Waals surface area contributed by atoms with Gasteiger partial charge >= 0.3 is 5.97 Å². The summed E-state index contributed by atoms with van der Waals surface area (Å²) in [6.07, 6.45) is 0.821. The van der Waals surface area contributed by atoms with E-state index < -0.39 is 32.5 Å². The quantitative estimate of drug-likeness (QED) is 0.877. The second kappa shape index (κ2) is 6.79. The van der Waals surface area contributed by atoms with E-state index in [0.29, 0.717) is 12.8 Å². The number of sulfonamides is 1. The third-order valence-corrected chi connectivity index (χ3v) is 5.67. The molecule has 1 fully saturated rings. The first-order chi connectivity index (χ1) is 10.8. The summed E-state index contributed by atoms with van der Waals surface area (Å²) >= 11 is 0. The Kier molecular flexibility index (Phi) is 5.20. The predicted molar refractivity (Wildman–Crippen MR) is 76.6 cm³/mol. The van der Waals surface area contributed by atoms with Gasteiger partial charge in [0.25, 0.3) is 0 Å². The Balaban J connectivity index is 2.33. The van der Waals surface area contributed by atoms with E-state index in [-0.39, 0.29) is 31.2 Å². The molecule has 23 heavy (non-hydrogen) atoms. The Morgan fingerprint density at radius 3 is 2.52 bits per heavy atom. The van der Waals surface area contributed by atoms with Crippen LogP contribution in [0, 0.1) is 17.6 Å². The molecule has 0 saturated carbocycles. The van der Waals surface area contributed by atoms with Gasteiger partial charge in [-0.1, -0.05) is 0 Å². The van der Waals surface area contributed by atoms with Crippen molar-refractivity contribution >= 4 is 16.0 Å². The third kappa shape index (κ3) is 3.78. The summed E-state index contributed by atoms with van der Waals surface area (Å²) in [6, 6.07) is 1.60. The fourth-order valence-corrected chi connectivity index (χ4v) is 4.33. The van der Waals surface area contributed by atoms with Gasteiger partial charge in [0.1, 0.15) is 17.4 Å². The number of piperidine rings is 1. The first-order valence-electron chi connectivity index (χ1n) is 7.00. The molecule has 2 rings (SSSR count). The van der Waals surface area contributed by atoms with Crippen molar-refractivity contribution in [1.29, 1.82) is 0 Å². The number of carbonyl (C=O) groups is 1. The van der Waals surface area contributed by atoms with Crippen LogP contribution in [0.2, 0.25) is 0 Å². The van der Waals surface area contributed by atoms with Crippen LogP contribution in [0.25, 0.3) is 0 Å². The van der Waals surface area contributed by atoms with Crippen molar-refractivity contribution < 1.29 is 31.8 Å². The Labute approximate surface area is 132 Å². The molecule has 0 aliphatic carbocycles. The average molecular weight is 349 g/mol. The molecule has 1 aliphatic rings. The van der Waals surface area contributed by atoms with Gasteiger partial charge in [0.05, 0.1) is 7.11 Å². The maximum absolute atomic E-state index is 14.0. The molecule has 1 aliphatic heterocycles. The summed E-state index contributed by atoms with van der Waals surface area (Å²) < 4.78 is 58.7. The minimum atomic E-state index is -4.38. The van der Waals surface area contributed by atoms with Gasteiger partial charge in [0, 0.05) is 31.6 Å². The highest BCUT2D eigenvalue weighted by molar-refractivity contribution is 7.89. The Morgan fingerprint density at radius 1 is 1.39 bits per heavy atom. The predicted octanol–water partition coefficient (Wildman–Crippen LogP) is 1.85. The van der Waals surface area contributed by atoms with Crippen LogP contribution in [0.15, 0.2) is 17.0 Å². The number of methoxy groups -OCH3 is 1. The molecule has 0 amide bonds. The van der Waals surface area contributed by atoms with Crippen LogP contribution in [-0.2, 0) is 14.8 Å². The number of carboxylic acids is 1. The number of aliphatic carboxylic acids is 1. The molecule has 6 nitrogen and oxygen atoms in total. The average Bonchev–Trinajstić information content (AvgIpc) is 2.45. The van der Waals surface area contributed by atoms with Crippen molar-refractivity contribution in [3.05, 3.63) is 23.8 Å². The lowest BCUT2D eigenvalue weighted by Gasteiger charge is -2.31. The van der Waals surface area contributed by atoms with Crippen LogP contribution >= 0.6 is 0 Å². The summed E-state index contributed by atoms with van der Waals surface area (Å²) in [5.74, 6) is -4.00. The van der Waals surface area contributed by atoms with Crippen LogP contribution in [-0.4, -0.2) is 44.0 Å². The largest absolute Gasteiger partial charge is 0.497 e. The van der Waals surface area contributed by atoms with Crippen molar-refractivity contribution in [2.75, 3.05) is 20.2 Å². The number of rotatable bonds is 5. The number of hydrogen-bond donors (Lipinski definition) is 1. The Hall–Kier alpha value is -1.74. The lowest BCUT2D eigenvalue weighted by atomic mass is 9.96. The van der Waals surface area contributed by atoms with Crippen molar-refractivity contribution in [2.24, 2.45) is 5.92 Å². The van der Waals surface area contributed by atoms with E-state index in [2.05, 4.69) is 0 Å². The minimum absolute atomic E-state index is 0.0699. The van der Waals surface area contributed by atoms with Crippen LogP contribution < -0.4 is 4.74 Å². The molecule has 1 saturated heterocycles. The summed E-state index contributed by atoms with van der Waals surface area (Å²) in [4.78, 5) is 9.74. The number of hydrogen-bond acceptors (Lipinski definition) is 4. The highest BCUT2D eigenvalue weighted by Gasteiger charge is 2.35. The fourth-order valence-electron chi connectivity index (χ4n) is 2.69. The summed E-state index contributed by atoms with van der Waals surface area (Å²) in [5, 5.41) is 8.82. The maximum Gasteiger partial charge on any atom is 0.303 e. The van der Waals surface area contributed by atoms with Gasteiger partial charge in [-0.05, 0) is 18.8 Å². The third-order valence-electron chi connectivity index (χ3n) is 3.75.